The summed E-state index contributed by atoms with van der Waals surface area (Å²) in [7, 11) is 0. The number of piperidine rings is 1. The van der Waals surface area contributed by atoms with Gasteiger partial charge in [-0.1, -0.05) is 0 Å². The molecule has 15 heavy (non-hydrogen) atoms. The minimum Gasteiger partial charge on any atom is -0.365 e. The van der Waals surface area contributed by atoms with E-state index < -0.39 is 0 Å². The predicted octanol–water partition coefficient (Wildman–Crippen LogP) is 3.61. The minimum atomic E-state index is 0.272. The van der Waals surface area contributed by atoms with Crippen molar-refractivity contribution in [3.63, 3.8) is 0 Å². The molecular formula is C12H17BrN2. The van der Waals surface area contributed by atoms with Crippen LogP contribution in [0.5, 0.6) is 0 Å². The average molecular weight is 269 g/mol. The van der Waals surface area contributed by atoms with Gasteiger partial charge in [-0.2, -0.15) is 0 Å². The Labute approximate surface area is 99.8 Å². The van der Waals surface area contributed by atoms with Crippen molar-refractivity contribution in [2.24, 2.45) is 0 Å². The van der Waals surface area contributed by atoms with Crippen molar-refractivity contribution in [2.45, 2.75) is 38.6 Å². The Bertz CT molecular complexity index is 332. The van der Waals surface area contributed by atoms with E-state index in [1.807, 2.05) is 12.3 Å². The van der Waals surface area contributed by atoms with Crippen LogP contribution in [-0.4, -0.2) is 17.1 Å². The number of hydrogen-bond donors (Lipinski definition) is 0. The molecular weight excluding hydrogens is 252 g/mol. The second kappa shape index (κ2) is 4.12. The van der Waals surface area contributed by atoms with Gasteiger partial charge >= 0.3 is 0 Å². The van der Waals surface area contributed by atoms with Crippen molar-refractivity contribution < 1.29 is 0 Å². The number of nitrogens with zero attached hydrogens (tertiary/aromatic N) is 2. The molecule has 0 amide bonds. The van der Waals surface area contributed by atoms with Crippen LogP contribution in [0.2, 0.25) is 0 Å². The number of rotatable bonds is 1. The quantitative estimate of drug-likeness (QED) is 0.724. The molecule has 1 aromatic heterocycles. The monoisotopic (exact) mass is 268 g/mol. The van der Waals surface area contributed by atoms with Gasteiger partial charge < -0.3 is 4.90 Å². The summed E-state index contributed by atoms with van der Waals surface area (Å²) in [6.07, 6.45) is 5.85. The molecule has 2 heterocycles. The zero-order valence-corrected chi connectivity index (χ0v) is 10.9. The maximum Gasteiger partial charge on any atom is 0.106 e. The van der Waals surface area contributed by atoms with Crippen LogP contribution in [0.15, 0.2) is 22.9 Å². The summed E-state index contributed by atoms with van der Waals surface area (Å²) >= 11 is 3.37. The van der Waals surface area contributed by atoms with Crippen LogP contribution in [0.1, 0.15) is 33.1 Å². The molecule has 3 heteroatoms. The Morgan fingerprint density at radius 1 is 1.33 bits per heavy atom. The summed E-state index contributed by atoms with van der Waals surface area (Å²) in [5.74, 6) is 0. The fourth-order valence-corrected chi connectivity index (χ4v) is 2.51. The molecule has 1 fully saturated rings. The average Bonchev–Trinajstić information content (AvgIpc) is 2.19. The van der Waals surface area contributed by atoms with Crippen molar-refractivity contribution in [3.05, 3.63) is 22.9 Å². The summed E-state index contributed by atoms with van der Waals surface area (Å²) in [6.45, 7) is 5.78. The molecule has 0 radical (unpaired) electrons. The van der Waals surface area contributed by atoms with E-state index in [0.29, 0.717) is 0 Å². The third kappa shape index (κ3) is 2.33. The molecule has 82 valence electrons. The summed E-state index contributed by atoms with van der Waals surface area (Å²) in [5.41, 5.74) is 1.51. The molecule has 2 rings (SSSR count). The lowest BCUT2D eigenvalue weighted by Crippen LogP contribution is -2.47. The van der Waals surface area contributed by atoms with E-state index in [1.54, 1.807) is 0 Å². The van der Waals surface area contributed by atoms with E-state index in [1.165, 1.54) is 24.9 Å². The fraction of sp³-hybridized carbons (Fsp3) is 0.583. The first-order valence-corrected chi connectivity index (χ1v) is 6.28. The molecule has 2 nitrogen and oxygen atoms in total. The first-order chi connectivity index (χ1) is 7.09. The van der Waals surface area contributed by atoms with Gasteiger partial charge in [0.25, 0.3) is 0 Å². The number of halogens is 1. The van der Waals surface area contributed by atoms with Crippen molar-refractivity contribution in [3.8, 4) is 0 Å². The van der Waals surface area contributed by atoms with Crippen LogP contribution >= 0.6 is 15.9 Å². The van der Waals surface area contributed by atoms with Crippen molar-refractivity contribution >= 4 is 21.6 Å². The normalized spacial score (nSPS) is 20.3. The van der Waals surface area contributed by atoms with Crippen LogP contribution < -0.4 is 4.90 Å². The zero-order valence-electron chi connectivity index (χ0n) is 9.33. The van der Waals surface area contributed by atoms with E-state index in [2.05, 4.69) is 45.7 Å². The van der Waals surface area contributed by atoms with Gasteiger partial charge in [0.15, 0.2) is 0 Å². The SMILES string of the molecule is CC1(C)CCCCN1c1ccc(Br)nc1. The molecule has 0 aliphatic carbocycles. The van der Waals surface area contributed by atoms with Crippen molar-refractivity contribution in [1.82, 2.24) is 4.98 Å². The lowest BCUT2D eigenvalue weighted by Gasteiger charge is -2.44. The van der Waals surface area contributed by atoms with Crippen LogP contribution in [0, 0.1) is 0 Å². The van der Waals surface area contributed by atoms with Gasteiger partial charge in [0, 0.05) is 12.1 Å². The number of aromatic nitrogens is 1. The topological polar surface area (TPSA) is 16.1 Å². The van der Waals surface area contributed by atoms with Gasteiger partial charge in [-0.15, -0.1) is 0 Å². The molecule has 0 saturated carbocycles. The molecule has 1 aromatic rings. The fourth-order valence-electron chi connectivity index (χ4n) is 2.27. The van der Waals surface area contributed by atoms with E-state index in [0.717, 1.165) is 11.1 Å². The third-order valence-electron chi connectivity index (χ3n) is 3.17. The van der Waals surface area contributed by atoms with Crippen LogP contribution in [0.25, 0.3) is 0 Å². The van der Waals surface area contributed by atoms with Crippen LogP contribution in [-0.2, 0) is 0 Å². The van der Waals surface area contributed by atoms with Crippen molar-refractivity contribution in [2.75, 3.05) is 11.4 Å². The zero-order chi connectivity index (χ0) is 10.9. The third-order valence-corrected chi connectivity index (χ3v) is 3.64. The van der Waals surface area contributed by atoms with Gasteiger partial charge in [0.2, 0.25) is 0 Å². The maximum absolute atomic E-state index is 4.29. The summed E-state index contributed by atoms with van der Waals surface area (Å²) in [6, 6.07) is 4.16. The highest BCUT2D eigenvalue weighted by atomic mass is 79.9. The Morgan fingerprint density at radius 2 is 2.13 bits per heavy atom. The molecule has 0 bridgehead atoms. The lowest BCUT2D eigenvalue weighted by atomic mass is 9.90. The highest BCUT2D eigenvalue weighted by molar-refractivity contribution is 9.10. The standard InChI is InChI=1S/C12H17BrN2/c1-12(2)7-3-4-8-15(12)10-5-6-11(13)14-9-10/h5-6,9H,3-4,7-8H2,1-2H3. The summed E-state index contributed by atoms with van der Waals surface area (Å²) < 4.78 is 0.904. The molecule has 0 unspecified atom stereocenters. The van der Waals surface area contributed by atoms with E-state index >= 15 is 0 Å². The molecule has 1 aliphatic heterocycles. The van der Waals surface area contributed by atoms with Gasteiger partial charge in [-0.25, -0.2) is 4.98 Å². The van der Waals surface area contributed by atoms with Gasteiger partial charge in [-0.3, -0.25) is 0 Å². The smallest absolute Gasteiger partial charge is 0.106 e. The van der Waals surface area contributed by atoms with E-state index in [4.69, 9.17) is 0 Å². The largest absolute Gasteiger partial charge is 0.365 e. The van der Waals surface area contributed by atoms with Gasteiger partial charge in [-0.05, 0) is 61.2 Å². The van der Waals surface area contributed by atoms with E-state index in [-0.39, 0.29) is 5.54 Å². The predicted molar refractivity (Wildman–Crippen MR) is 67.2 cm³/mol. The minimum absolute atomic E-state index is 0.272. The molecule has 0 spiro atoms. The van der Waals surface area contributed by atoms with Gasteiger partial charge in [0.1, 0.15) is 4.60 Å². The Morgan fingerprint density at radius 3 is 2.73 bits per heavy atom. The molecule has 0 atom stereocenters. The number of pyridine rings is 1. The summed E-state index contributed by atoms with van der Waals surface area (Å²) in [4.78, 5) is 6.76. The van der Waals surface area contributed by atoms with E-state index in [9.17, 15) is 0 Å². The highest BCUT2D eigenvalue weighted by Crippen LogP contribution is 2.32. The van der Waals surface area contributed by atoms with Crippen LogP contribution in [0.3, 0.4) is 0 Å². The first kappa shape index (κ1) is 10.9. The lowest BCUT2D eigenvalue weighted by molar-refractivity contribution is 0.361. The Balaban J connectivity index is 2.25. The first-order valence-electron chi connectivity index (χ1n) is 5.49. The summed E-state index contributed by atoms with van der Waals surface area (Å²) in [5, 5.41) is 0. The molecule has 0 aromatic carbocycles. The maximum atomic E-state index is 4.29. The Kier molecular flexibility index (Phi) is 3.01. The molecule has 1 aliphatic rings. The van der Waals surface area contributed by atoms with Crippen molar-refractivity contribution in [1.29, 1.82) is 0 Å². The molecule has 1 saturated heterocycles. The molecule has 0 N–H and O–H groups in total. The number of hydrogen-bond acceptors (Lipinski definition) is 2. The second-order valence-electron chi connectivity index (χ2n) is 4.76. The number of anilines is 1. The van der Waals surface area contributed by atoms with Gasteiger partial charge in [0.05, 0.1) is 11.9 Å². The highest BCUT2D eigenvalue weighted by Gasteiger charge is 2.29. The second-order valence-corrected chi connectivity index (χ2v) is 5.57. The van der Waals surface area contributed by atoms with Crippen LogP contribution in [0.4, 0.5) is 5.69 Å². The Hall–Kier alpha value is -0.570.